The minimum Gasteiger partial charge on any atom is -0.398 e. The number of benzene rings is 2. The average Bonchev–Trinajstić information content (AvgIpc) is 2.35. The van der Waals surface area contributed by atoms with Gasteiger partial charge in [-0.05, 0) is 42.8 Å². The predicted octanol–water partition coefficient (Wildman–Crippen LogP) is 4.99. The van der Waals surface area contributed by atoms with Crippen molar-refractivity contribution in [3.63, 3.8) is 0 Å². The Bertz CT molecular complexity index is 639. The van der Waals surface area contributed by atoms with Crippen molar-refractivity contribution < 1.29 is 13.2 Å². The molecule has 6 heteroatoms. The molecule has 106 valence electrons. The summed E-state index contributed by atoms with van der Waals surface area (Å²) in [6.07, 6.45) is -4.48. The molecule has 2 aromatic carbocycles. The van der Waals surface area contributed by atoms with Crippen LogP contribution in [-0.2, 0) is 6.18 Å². The summed E-state index contributed by atoms with van der Waals surface area (Å²) >= 11 is 5.97. The lowest BCUT2D eigenvalue weighted by atomic mass is 10.1. The zero-order valence-corrected chi connectivity index (χ0v) is 11.3. The van der Waals surface area contributed by atoms with E-state index in [1.54, 1.807) is 18.2 Å². The molecule has 0 spiro atoms. The largest absolute Gasteiger partial charge is 0.418 e. The second-order valence-electron chi connectivity index (χ2n) is 4.39. The van der Waals surface area contributed by atoms with E-state index < -0.39 is 11.7 Å². The highest BCUT2D eigenvalue weighted by Gasteiger charge is 2.33. The molecule has 0 aromatic heterocycles. The molecule has 2 aromatic rings. The van der Waals surface area contributed by atoms with Crippen LogP contribution >= 0.6 is 11.6 Å². The first kappa shape index (κ1) is 14.5. The van der Waals surface area contributed by atoms with E-state index in [0.717, 1.165) is 11.6 Å². The van der Waals surface area contributed by atoms with Gasteiger partial charge in [0.1, 0.15) is 0 Å². The van der Waals surface area contributed by atoms with Gasteiger partial charge in [0.15, 0.2) is 0 Å². The van der Waals surface area contributed by atoms with Crippen LogP contribution in [0.4, 0.5) is 30.2 Å². The van der Waals surface area contributed by atoms with Crippen molar-refractivity contribution in [3.05, 3.63) is 52.5 Å². The van der Waals surface area contributed by atoms with Crippen molar-refractivity contribution in [3.8, 4) is 0 Å². The maximum absolute atomic E-state index is 12.8. The van der Waals surface area contributed by atoms with Gasteiger partial charge in [0.25, 0.3) is 0 Å². The normalized spacial score (nSPS) is 11.4. The van der Waals surface area contributed by atoms with Gasteiger partial charge in [-0.25, -0.2) is 0 Å². The molecular formula is C14H12ClF3N2. The third-order valence-electron chi connectivity index (χ3n) is 2.82. The van der Waals surface area contributed by atoms with Crippen LogP contribution in [0.15, 0.2) is 36.4 Å². The van der Waals surface area contributed by atoms with Gasteiger partial charge in [0.2, 0.25) is 0 Å². The first-order valence-electron chi connectivity index (χ1n) is 5.77. The van der Waals surface area contributed by atoms with E-state index in [-0.39, 0.29) is 5.69 Å². The standard InChI is InChI=1S/C14H12ClF3N2/c1-8-2-3-10(7-12(8)15)20-9-4-5-13(19)11(6-9)14(16,17)18/h2-7,20H,19H2,1H3. The Balaban J connectivity index is 2.32. The van der Waals surface area contributed by atoms with Gasteiger partial charge >= 0.3 is 6.18 Å². The van der Waals surface area contributed by atoms with Crippen molar-refractivity contribution in [2.45, 2.75) is 13.1 Å². The van der Waals surface area contributed by atoms with Crippen LogP contribution < -0.4 is 11.1 Å². The van der Waals surface area contributed by atoms with Crippen LogP contribution in [0.2, 0.25) is 5.02 Å². The Morgan fingerprint density at radius 3 is 2.25 bits per heavy atom. The number of hydrogen-bond acceptors (Lipinski definition) is 2. The lowest BCUT2D eigenvalue weighted by Gasteiger charge is -2.13. The fourth-order valence-electron chi connectivity index (χ4n) is 1.72. The van der Waals surface area contributed by atoms with Gasteiger partial charge in [-0.15, -0.1) is 0 Å². The van der Waals surface area contributed by atoms with Crippen LogP contribution in [0.1, 0.15) is 11.1 Å². The van der Waals surface area contributed by atoms with Gasteiger partial charge in [-0.1, -0.05) is 17.7 Å². The number of aryl methyl sites for hydroxylation is 1. The molecule has 0 unspecified atom stereocenters. The molecule has 3 N–H and O–H groups in total. The summed E-state index contributed by atoms with van der Waals surface area (Å²) in [4.78, 5) is 0. The Labute approximate surface area is 119 Å². The number of halogens is 4. The van der Waals surface area contributed by atoms with Crippen LogP contribution in [0.25, 0.3) is 0 Å². The summed E-state index contributed by atoms with van der Waals surface area (Å²) in [5.41, 5.74) is 5.98. The summed E-state index contributed by atoms with van der Waals surface area (Å²) in [6.45, 7) is 1.84. The van der Waals surface area contributed by atoms with Gasteiger partial charge in [-0.2, -0.15) is 13.2 Å². The Morgan fingerprint density at radius 2 is 1.65 bits per heavy atom. The fraction of sp³-hybridized carbons (Fsp3) is 0.143. The zero-order valence-electron chi connectivity index (χ0n) is 10.6. The number of nitrogens with two attached hydrogens (primary N) is 1. The number of nitrogens with one attached hydrogen (secondary N) is 1. The monoisotopic (exact) mass is 300 g/mol. The molecule has 0 amide bonds. The number of alkyl halides is 3. The summed E-state index contributed by atoms with van der Waals surface area (Å²) in [5, 5.41) is 3.41. The Hall–Kier alpha value is -1.88. The number of hydrogen-bond donors (Lipinski definition) is 2. The molecule has 0 saturated carbocycles. The third-order valence-corrected chi connectivity index (χ3v) is 3.23. The van der Waals surface area contributed by atoms with Crippen molar-refractivity contribution in [1.29, 1.82) is 0 Å². The van der Waals surface area contributed by atoms with Gasteiger partial charge in [-0.3, -0.25) is 0 Å². The van der Waals surface area contributed by atoms with Gasteiger partial charge in [0, 0.05) is 22.1 Å². The Kier molecular flexibility index (Phi) is 3.81. The highest BCUT2D eigenvalue weighted by Crippen LogP contribution is 2.35. The van der Waals surface area contributed by atoms with Crippen molar-refractivity contribution in [1.82, 2.24) is 0 Å². The molecule has 0 saturated heterocycles. The van der Waals surface area contributed by atoms with Gasteiger partial charge in [0.05, 0.1) is 5.56 Å². The smallest absolute Gasteiger partial charge is 0.398 e. The Morgan fingerprint density at radius 1 is 1.05 bits per heavy atom. The summed E-state index contributed by atoms with van der Waals surface area (Å²) in [5.74, 6) is 0. The zero-order chi connectivity index (χ0) is 14.9. The molecule has 0 heterocycles. The quantitative estimate of drug-likeness (QED) is 0.767. The molecular weight excluding hydrogens is 289 g/mol. The maximum Gasteiger partial charge on any atom is 0.418 e. The SMILES string of the molecule is Cc1ccc(Nc2ccc(N)c(C(F)(F)F)c2)cc1Cl. The minimum atomic E-state index is -4.48. The molecule has 0 radical (unpaired) electrons. The highest BCUT2D eigenvalue weighted by atomic mass is 35.5. The minimum absolute atomic E-state index is 0.298. The molecule has 0 aliphatic heterocycles. The highest BCUT2D eigenvalue weighted by molar-refractivity contribution is 6.31. The number of anilines is 3. The molecule has 2 nitrogen and oxygen atoms in total. The molecule has 2 rings (SSSR count). The molecule has 0 fully saturated rings. The molecule has 20 heavy (non-hydrogen) atoms. The summed E-state index contributed by atoms with van der Waals surface area (Å²) < 4.78 is 38.3. The van der Waals surface area contributed by atoms with Crippen LogP contribution in [0, 0.1) is 6.92 Å². The average molecular weight is 301 g/mol. The fourth-order valence-corrected chi connectivity index (χ4v) is 1.90. The molecule has 0 aliphatic rings. The summed E-state index contributed by atoms with van der Waals surface area (Å²) in [7, 11) is 0. The van der Waals surface area contributed by atoms with E-state index >= 15 is 0 Å². The van der Waals surface area contributed by atoms with E-state index in [4.69, 9.17) is 17.3 Å². The second kappa shape index (κ2) is 5.25. The maximum atomic E-state index is 12.8. The number of nitrogen functional groups attached to an aromatic ring is 1. The molecule has 0 atom stereocenters. The van der Waals surface area contributed by atoms with Crippen LogP contribution in [-0.4, -0.2) is 0 Å². The third kappa shape index (κ3) is 3.17. The van der Waals surface area contributed by atoms with Crippen LogP contribution in [0.3, 0.4) is 0 Å². The number of rotatable bonds is 2. The van der Waals surface area contributed by atoms with Crippen molar-refractivity contribution >= 4 is 28.7 Å². The van der Waals surface area contributed by atoms with E-state index in [0.29, 0.717) is 16.4 Å². The summed E-state index contributed by atoms with van der Waals surface area (Å²) in [6, 6.07) is 8.86. The molecule has 0 aliphatic carbocycles. The van der Waals surface area contributed by atoms with Gasteiger partial charge < -0.3 is 11.1 Å². The topological polar surface area (TPSA) is 38.0 Å². The van der Waals surface area contributed by atoms with Crippen LogP contribution in [0.5, 0.6) is 0 Å². The second-order valence-corrected chi connectivity index (χ2v) is 4.80. The van der Waals surface area contributed by atoms with E-state index in [1.807, 2.05) is 6.92 Å². The first-order valence-corrected chi connectivity index (χ1v) is 6.15. The van der Waals surface area contributed by atoms with E-state index in [9.17, 15) is 13.2 Å². The first-order chi connectivity index (χ1) is 9.27. The van der Waals surface area contributed by atoms with E-state index in [2.05, 4.69) is 5.32 Å². The lowest BCUT2D eigenvalue weighted by Crippen LogP contribution is -2.09. The molecule has 0 bridgehead atoms. The van der Waals surface area contributed by atoms with E-state index in [1.165, 1.54) is 12.1 Å². The van der Waals surface area contributed by atoms with Crippen molar-refractivity contribution in [2.75, 3.05) is 11.1 Å². The lowest BCUT2D eigenvalue weighted by molar-refractivity contribution is -0.136. The predicted molar refractivity (Wildman–Crippen MR) is 75.3 cm³/mol. The van der Waals surface area contributed by atoms with Crippen molar-refractivity contribution in [2.24, 2.45) is 0 Å².